The molecule has 0 aromatic carbocycles. The molecule has 0 saturated heterocycles. The number of unbranched alkanes of at least 4 members (excludes halogenated alkanes) is 1. The summed E-state index contributed by atoms with van der Waals surface area (Å²) in [5, 5.41) is 1.34. The van der Waals surface area contributed by atoms with Gasteiger partial charge in [0.2, 0.25) is 0 Å². The normalized spacial score (nSPS) is 8.60. The Hall–Kier alpha value is 0.597. The van der Waals surface area contributed by atoms with Gasteiger partial charge in [0.05, 0.1) is 0 Å². The zero-order valence-electron chi connectivity index (χ0n) is 4.12. The molecular weight excluding hydrogens is 89.0 g/mol. The summed E-state index contributed by atoms with van der Waals surface area (Å²) >= 11 is 2.21. The molecule has 1 heteroatoms. The molecule has 26 valence electrons. The molecular formula is C4H9Li. The van der Waals surface area contributed by atoms with E-state index >= 15 is 0 Å². The summed E-state index contributed by atoms with van der Waals surface area (Å²) in [6, 6.07) is 0. The molecule has 0 radical (unpaired) electrons. The average Bonchev–Trinajstić information content (AvgIpc) is 1.41. The predicted molar refractivity (Wildman–Crippen MR) is 25.5 cm³/mol. The molecule has 0 unspecified atom stereocenters. The summed E-state index contributed by atoms with van der Waals surface area (Å²) < 4.78 is 0. The molecule has 0 aliphatic heterocycles. The van der Waals surface area contributed by atoms with E-state index in [1.54, 1.807) is 0 Å². The molecule has 0 amide bonds. The van der Waals surface area contributed by atoms with Crippen molar-refractivity contribution in [3.63, 3.8) is 0 Å². The van der Waals surface area contributed by atoms with Crippen molar-refractivity contribution in [3.8, 4) is 0 Å². The van der Waals surface area contributed by atoms with Crippen molar-refractivity contribution in [1.29, 1.82) is 0 Å². The van der Waals surface area contributed by atoms with Crippen molar-refractivity contribution in [3.05, 3.63) is 0 Å². The van der Waals surface area contributed by atoms with Crippen molar-refractivity contribution in [1.82, 2.24) is 0 Å². The zero-order valence-corrected chi connectivity index (χ0v) is 4.12. The maximum atomic E-state index is 2.21. The second-order valence-electron chi connectivity index (χ2n) is 1.35. The van der Waals surface area contributed by atoms with Crippen molar-refractivity contribution >= 4 is 17.7 Å². The van der Waals surface area contributed by atoms with Gasteiger partial charge in [0.25, 0.3) is 0 Å². The first-order valence-electron chi connectivity index (χ1n) is 2.41. The molecule has 0 bridgehead atoms. The van der Waals surface area contributed by atoms with Crippen molar-refractivity contribution < 1.29 is 0 Å². The van der Waals surface area contributed by atoms with E-state index in [2.05, 4.69) is 24.6 Å². The predicted octanol–water partition coefficient (Wildman–Crippen LogP) is 1.37. The van der Waals surface area contributed by atoms with Crippen molar-refractivity contribution in [2.45, 2.75) is 24.9 Å². The average molecular weight is 98.1 g/mol. The first kappa shape index (κ1) is 5.60. The van der Waals surface area contributed by atoms with E-state index in [1.807, 2.05) is 0 Å². The van der Waals surface area contributed by atoms with Gasteiger partial charge in [0.15, 0.2) is 0 Å². The molecule has 0 rings (SSSR count). The molecule has 0 fully saturated rings. The molecule has 0 aromatic heterocycles. The van der Waals surface area contributed by atoms with Gasteiger partial charge in [-0.1, -0.05) is 0 Å². The van der Waals surface area contributed by atoms with Gasteiger partial charge in [-0.25, -0.2) is 0 Å². The Morgan fingerprint density at radius 2 is 2.20 bits per heavy atom. The Bertz CT molecular complexity index is 11.1. The fourth-order valence-electron chi connectivity index (χ4n) is 0.354. The molecule has 0 saturated carbocycles. The van der Waals surface area contributed by atoms with Crippen LogP contribution >= 0.6 is 0 Å². The van der Waals surface area contributed by atoms with E-state index in [-0.39, 0.29) is 0 Å². The van der Waals surface area contributed by atoms with Crippen LogP contribution in [0.15, 0.2) is 0 Å². The first-order chi connectivity index (χ1) is 2.41. The van der Waals surface area contributed by atoms with Crippen LogP contribution in [0.4, 0.5) is 0 Å². The minimum absolute atomic E-state index is 1.34. The third-order valence-corrected chi connectivity index (χ3v) is 0.707. The zero-order chi connectivity index (χ0) is 4.12. The second kappa shape index (κ2) is 4.60. The molecule has 0 heterocycles. The van der Waals surface area contributed by atoms with Crippen LogP contribution in [0.2, 0.25) is 5.09 Å². The summed E-state index contributed by atoms with van der Waals surface area (Å²) in [6.45, 7) is 2.21. The fourth-order valence-corrected chi connectivity index (χ4v) is 0.354. The Balaban J connectivity index is 2.19. The second-order valence-corrected chi connectivity index (χ2v) is 1.35. The molecule has 0 N–H and O–H groups in total. The van der Waals surface area contributed by atoms with Gasteiger partial charge in [-0.15, -0.1) is 0 Å². The van der Waals surface area contributed by atoms with Gasteiger partial charge in [-0.05, 0) is 0 Å². The third-order valence-electron chi connectivity index (χ3n) is 0.707. The van der Waals surface area contributed by atoms with Crippen molar-refractivity contribution in [2.75, 3.05) is 0 Å². The SMILES string of the molecule is [41Li][CH2]CCC. The van der Waals surface area contributed by atoms with Gasteiger partial charge >= 0.3 is 42.6 Å². The molecule has 0 aromatic rings. The van der Waals surface area contributed by atoms with Crippen LogP contribution in [0.5, 0.6) is 0 Å². The summed E-state index contributed by atoms with van der Waals surface area (Å²) in [6.07, 6.45) is 2.73. The Labute approximate surface area is 43.2 Å². The summed E-state index contributed by atoms with van der Waals surface area (Å²) in [7, 11) is 0. The maximum absolute atomic E-state index is 2.21. The Kier molecular flexibility index (Phi) is 5.15. The number of hydrogen-bond donors (Lipinski definition) is 0. The van der Waals surface area contributed by atoms with Crippen LogP contribution < -0.4 is 0 Å². The molecule has 0 aliphatic rings. The van der Waals surface area contributed by atoms with Gasteiger partial charge in [0, 0.05) is 0 Å². The molecule has 0 atom stereocenters. The third kappa shape index (κ3) is 4.60. The van der Waals surface area contributed by atoms with E-state index in [4.69, 9.17) is 0 Å². The van der Waals surface area contributed by atoms with Crippen LogP contribution in [0.3, 0.4) is 0 Å². The van der Waals surface area contributed by atoms with Crippen LogP contribution in [-0.2, 0) is 0 Å². The van der Waals surface area contributed by atoms with E-state index in [0.717, 1.165) is 0 Å². The summed E-state index contributed by atoms with van der Waals surface area (Å²) in [5.74, 6) is 0. The van der Waals surface area contributed by atoms with Gasteiger partial charge in [-0.3, -0.25) is 0 Å². The Morgan fingerprint density at radius 3 is 2.20 bits per heavy atom. The fraction of sp³-hybridized carbons (Fsp3) is 1.00. The summed E-state index contributed by atoms with van der Waals surface area (Å²) in [4.78, 5) is 0. The van der Waals surface area contributed by atoms with Crippen LogP contribution in [-0.4, -0.2) is 17.7 Å². The molecule has 0 nitrogen and oxygen atoms in total. The van der Waals surface area contributed by atoms with Gasteiger partial charge < -0.3 is 0 Å². The van der Waals surface area contributed by atoms with E-state index in [9.17, 15) is 0 Å². The number of rotatable bonds is 2. The monoisotopic (exact) mass is 98.1 g/mol. The standard InChI is InChI=1S/C4H9.Li/c1-3-4-2;/h1,3-4H2,2H3;/i;1+34. The van der Waals surface area contributed by atoms with Crippen LogP contribution in [0.25, 0.3) is 0 Å². The minimum atomic E-state index is 1.34. The van der Waals surface area contributed by atoms with E-state index in [0.29, 0.717) is 0 Å². The van der Waals surface area contributed by atoms with E-state index in [1.165, 1.54) is 17.9 Å². The molecule has 0 spiro atoms. The van der Waals surface area contributed by atoms with E-state index < -0.39 is 0 Å². The summed E-state index contributed by atoms with van der Waals surface area (Å²) in [5.41, 5.74) is 0. The first-order valence-corrected chi connectivity index (χ1v) is 2.41. The van der Waals surface area contributed by atoms with Crippen LogP contribution in [0, 0.1) is 0 Å². The van der Waals surface area contributed by atoms with Gasteiger partial charge in [-0.2, -0.15) is 0 Å². The topological polar surface area (TPSA) is 0 Å². The van der Waals surface area contributed by atoms with Crippen LogP contribution in [0.1, 0.15) is 19.8 Å². The molecule has 0 aliphatic carbocycles. The Morgan fingerprint density at radius 1 is 1.60 bits per heavy atom. The van der Waals surface area contributed by atoms with Crippen molar-refractivity contribution in [2.24, 2.45) is 0 Å². The quantitative estimate of drug-likeness (QED) is 0.457. The van der Waals surface area contributed by atoms with Gasteiger partial charge in [0.1, 0.15) is 0 Å². The number of hydrogen-bond acceptors (Lipinski definition) is 0. The molecule has 5 heavy (non-hydrogen) atoms.